The third kappa shape index (κ3) is 3.34. The van der Waals surface area contributed by atoms with E-state index >= 15 is 0 Å². The van der Waals surface area contributed by atoms with Crippen LogP contribution in [-0.4, -0.2) is 37.0 Å². The van der Waals surface area contributed by atoms with Crippen molar-refractivity contribution in [1.82, 2.24) is 16.0 Å². The molecule has 4 nitrogen and oxygen atoms in total. The molecule has 4 heteroatoms. The molecule has 1 aromatic rings. The van der Waals surface area contributed by atoms with Gasteiger partial charge in [-0.25, -0.2) is 0 Å². The van der Waals surface area contributed by atoms with Crippen molar-refractivity contribution in [3.63, 3.8) is 0 Å². The van der Waals surface area contributed by atoms with E-state index < -0.39 is 0 Å². The molecule has 1 unspecified atom stereocenters. The zero-order valence-electron chi connectivity index (χ0n) is 12.5. The molecule has 21 heavy (non-hydrogen) atoms. The van der Waals surface area contributed by atoms with E-state index in [1.165, 1.54) is 5.56 Å². The fraction of sp³-hybridized carbons (Fsp3) is 0.588. The number of benzene rings is 1. The average Bonchev–Trinajstić information content (AvgIpc) is 3.04. The molecule has 1 heterocycles. The third-order valence-electron chi connectivity index (χ3n) is 4.76. The van der Waals surface area contributed by atoms with E-state index in [-0.39, 0.29) is 11.6 Å². The van der Waals surface area contributed by atoms with Crippen LogP contribution >= 0.6 is 0 Å². The Morgan fingerprint density at radius 1 is 1.19 bits per heavy atom. The Kier molecular flexibility index (Phi) is 4.68. The molecule has 0 bridgehead atoms. The highest BCUT2D eigenvalue weighted by Crippen LogP contribution is 2.32. The van der Waals surface area contributed by atoms with Crippen LogP contribution < -0.4 is 16.0 Å². The van der Waals surface area contributed by atoms with Crippen LogP contribution in [0.4, 0.5) is 0 Å². The lowest BCUT2D eigenvalue weighted by Crippen LogP contribution is -2.62. The van der Waals surface area contributed by atoms with Gasteiger partial charge in [-0.2, -0.15) is 0 Å². The highest BCUT2D eigenvalue weighted by atomic mass is 16.1. The lowest BCUT2D eigenvalue weighted by atomic mass is 9.86. The summed E-state index contributed by atoms with van der Waals surface area (Å²) in [6.45, 7) is 3.36. The predicted molar refractivity (Wildman–Crippen MR) is 84.1 cm³/mol. The minimum absolute atomic E-state index is 0.0416. The molecule has 1 atom stereocenters. The van der Waals surface area contributed by atoms with Crippen LogP contribution in [0.2, 0.25) is 0 Å². The molecule has 3 rings (SSSR count). The molecule has 0 spiro atoms. The number of piperazine rings is 1. The fourth-order valence-corrected chi connectivity index (χ4v) is 3.53. The van der Waals surface area contributed by atoms with Crippen LogP contribution in [0.25, 0.3) is 0 Å². The Labute approximate surface area is 126 Å². The Bertz CT molecular complexity index is 462. The molecule has 2 fully saturated rings. The van der Waals surface area contributed by atoms with Crippen molar-refractivity contribution >= 4 is 5.78 Å². The SMILES string of the molecule is O=C(C1CNCCN1)C1(NCc2ccccc2)CCCC1. The Hall–Kier alpha value is -1.23. The quantitative estimate of drug-likeness (QED) is 0.762. The maximum Gasteiger partial charge on any atom is 0.170 e. The van der Waals surface area contributed by atoms with Gasteiger partial charge in [0, 0.05) is 26.2 Å². The van der Waals surface area contributed by atoms with Crippen molar-refractivity contribution in [2.24, 2.45) is 0 Å². The summed E-state index contributed by atoms with van der Waals surface area (Å²) in [5, 5.41) is 10.3. The summed E-state index contributed by atoms with van der Waals surface area (Å²) in [6.07, 6.45) is 4.23. The van der Waals surface area contributed by atoms with E-state index in [0.29, 0.717) is 5.78 Å². The van der Waals surface area contributed by atoms with Gasteiger partial charge in [0.25, 0.3) is 0 Å². The number of carbonyl (C=O) groups excluding carboxylic acids is 1. The molecule has 1 aliphatic carbocycles. The number of hydrogen-bond acceptors (Lipinski definition) is 4. The Morgan fingerprint density at radius 3 is 2.62 bits per heavy atom. The van der Waals surface area contributed by atoms with E-state index in [2.05, 4.69) is 28.1 Å². The third-order valence-corrected chi connectivity index (χ3v) is 4.76. The zero-order chi connectivity index (χ0) is 14.5. The summed E-state index contributed by atoms with van der Waals surface area (Å²) in [4.78, 5) is 13.0. The van der Waals surface area contributed by atoms with Gasteiger partial charge in [-0.05, 0) is 18.4 Å². The first-order chi connectivity index (χ1) is 10.3. The van der Waals surface area contributed by atoms with Crippen LogP contribution in [0.5, 0.6) is 0 Å². The topological polar surface area (TPSA) is 53.2 Å². The standard InChI is InChI=1S/C17H25N3O/c21-16(15-13-18-10-11-19-15)17(8-4-5-9-17)20-12-14-6-2-1-3-7-14/h1-3,6-7,15,18-20H,4-5,8-13H2. The monoisotopic (exact) mass is 287 g/mol. The van der Waals surface area contributed by atoms with Crippen molar-refractivity contribution in [3.8, 4) is 0 Å². The lowest BCUT2D eigenvalue weighted by molar-refractivity contribution is -0.127. The second-order valence-corrected chi connectivity index (χ2v) is 6.20. The Balaban J connectivity index is 1.68. The normalized spacial score (nSPS) is 24.9. The first-order valence-corrected chi connectivity index (χ1v) is 8.08. The van der Waals surface area contributed by atoms with Crippen LogP contribution in [0.1, 0.15) is 31.2 Å². The highest BCUT2D eigenvalue weighted by Gasteiger charge is 2.43. The molecule has 3 N–H and O–H groups in total. The Morgan fingerprint density at radius 2 is 1.95 bits per heavy atom. The fourth-order valence-electron chi connectivity index (χ4n) is 3.53. The average molecular weight is 287 g/mol. The van der Waals surface area contributed by atoms with Crippen molar-refractivity contribution in [2.75, 3.05) is 19.6 Å². The van der Waals surface area contributed by atoms with E-state index in [1.54, 1.807) is 0 Å². The van der Waals surface area contributed by atoms with Crippen molar-refractivity contribution < 1.29 is 4.79 Å². The van der Waals surface area contributed by atoms with Gasteiger partial charge >= 0.3 is 0 Å². The minimum Gasteiger partial charge on any atom is -0.313 e. The van der Waals surface area contributed by atoms with E-state index in [4.69, 9.17) is 0 Å². The maximum absolute atomic E-state index is 13.0. The second-order valence-electron chi connectivity index (χ2n) is 6.20. The van der Waals surface area contributed by atoms with Crippen LogP contribution in [0.15, 0.2) is 30.3 Å². The van der Waals surface area contributed by atoms with Gasteiger partial charge in [0.1, 0.15) is 0 Å². The largest absolute Gasteiger partial charge is 0.313 e. The molecule has 2 aliphatic rings. The molecule has 0 radical (unpaired) electrons. The van der Waals surface area contributed by atoms with Crippen LogP contribution in [0.3, 0.4) is 0 Å². The van der Waals surface area contributed by atoms with Crippen LogP contribution in [-0.2, 0) is 11.3 Å². The summed E-state index contributed by atoms with van der Waals surface area (Å²) >= 11 is 0. The second kappa shape index (κ2) is 6.69. The summed E-state index contributed by atoms with van der Waals surface area (Å²) in [5.41, 5.74) is 0.915. The smallest absolute Gasteiger partial charge is 0.170 e. The molecule has 1 saturated carbocycles. The number of rotatable bonds is 5. The molecule has 114 valence electrons. The summed E-state index contributed by atoms with van der Waals surface area (Å²) < 4.78 is 0. The van der Waals surface area contributed by atoms with Gasteiger partial charge in [-0.1, -0.05) is 43.2 Å². The first-order valence-electron chi connectivity index (χ1n) is 8.08. The summed E-state index contributed by atoms with van der Waals surface area (Å²) in [6, 6.07) is 10.3. The zero-order valence-corrected chi connectivity index (χ0v) is 12.5. The van der Waals surface area contributed by atoms with Gasteiger partial charge in [-0.3, -0.25) is 4.79 Å². The highest BCUT2D eigenvalue weighted by molar-refractivity contribution is 5.93. The first kappa shape index (κ1) is 14.7. The van der Waals surface area contributed by atoms with E-state index in [9.17, 15) is 4.79 Å². The number of ketones is 1. The van der Waals surface area contributed by atoms with Gasteiger partial charge in [0.15, 0.2) is 5.78 Å². The number of Topliss-reactive ketones (excluding diaryl/α,β-unsaturated/α-hetero) is 1. The number of hydrogen-bond donors (Lipinski definition) is 3. The van der Waals surface area contributed by atoms with Crippen molar-refractivity contribution in [3.05, 3.63) is 35.9 Å². The molecular weight excluding hydrogens is 262 g/mol. The summed E-state index contributed by atoms with van der Waals surface area (Å²) in [7, 11) is 0. The molecule has 0 amide bonds. The number of carbonyl (C=O) groups is 1. The molecular formula is C17H25N3O. The maximum atomic E-state index is 13.0. The minimum atomic E-state index is -0.327. The van der Waals surface area contributed by atoms with E-state index in [0.717, 1.165) is 51.9 Å². The van der Waals surface area contributed by atoms with E-state index in [1.807, 2.05) is 18.2 Å². The molecule has 1 aromatic carbocycles. The molecule has 1 saturated heterocycles. The number of nitrogens with one attached hydrogen (secondary N) is 3. The van der Waals surface area contributed by atoms with Crippen molar-refractivity contribution in [1.29, 1.82) is 0 Å². The molecule has 0 aromatic heterocycles. The van der Waals surface area contributed by atoms with Gasteiger partial charge in [0.05, 0.1) is 11.6 Å². The summed E-state index contributed by atoms with van der Waals surface area (Å²) in [5.74, 6) is 0.350. The van der Waals surface area contributed by atoms with Gasteiger partial charge in [0.2, 0.25) is 0 Å². The lowest BCUT2D eigenvalue weighted by Gasteiger charge is -2.35. The van der Waals surface area contributed by atoms with Crippen molar-refractivity contribution in [2.45, 2.75) is 43.8 Å². The van der Waals surface area contributed by atoms with Gasteiger partial charge < -0.3 is 16.0 Å². The van der Waals surface area contributed by atoms with Crippen LogP contribution in [0, 0.1) is 0 Å². The predicted octanol–water partition coefficient (Wildman–Crippen LogP) is 1.22. The molecule has 1 aliphatic heterocycles. The van der Waals surface area contributed by atoms with Gasteiger partial charge in [-0.15, -0.1) is 0 Å².